The molecule has 2 fully saturated rings. The van der Waals surface area contributed by atoms with E-state index in [1.165, 1.54) is 49.2 Å². The van der Waals surface area contributed by atoms with Crippen LogP contribution in [0.5, 0.6) is 0 Å². The summed E-state index contributed by atoms with van der Waals surface area (Å²) in [4.78, 5) is 11.1. The molecule has 3 nitrogen and oxygen atoms in total. The predicted molar refractivity (Wildman–Crippen MR) is 115 cm³/mol. The maximum Gasteiger partial charge on any atom is 0.139 e. The summed E-state index contributed by atoms with van der Waals surface area (Å²) >= 11 is 3.57. The van der Waals surface area contributed by atoms with Crippen LogP contribution in [-0.2, 0) is 0 Å². The number of imidazole rings is 1. The van der Waals surface area contributed by atoms with Crippen LogP contribution in [0.1, 0.15) is 37.1 Å². The van der Waals surface area contributed by atoms with E-state index in [2.05, 4.69) is 74.3 Å². The molecule has 1 saturated carbocycles. The van der Waals surface area contributed by atoms with Crippen LogP contribution >= 0.6 is 15.9 Å². The lowest BCUT2D eigenvalue weighted by Crippen LogP contribution is -2.32. The fourth-order valence-corrected chi connectivity index (χ4v) is 4.38. The molecule has 2 aromatic carbocycles. The van der Waals surface area contributed by atoms with Crippen molar-refractivity contribution in [1.82, 2.24) is 14.9 Å². The Hall–Kier alpha value is -1.91. The number of nitrogens with one attached hydrogen (secondary N) is 1. The number of likely N-dealkylation sites (tertiary alicyclic amines) is 1. The molecule has 1 aromatic heterocycles. The average molecular weight is 422 g/mol. The van der Waals surface area contributed by atoms with E-state index in [4.69, 9.17) is 4.98 Å². The number of H-pyrrole nitrogens is 1. The van der Waals surface area contributed by atoms with Gasteiger partial charge in [0.1, 0.15) is 5.82 Å². The number of nitrogens with zero attached hydrogens (tertiary/aromatic N) is 2. The zero-order valence-corrected chi connectivity index (χ0v) is 17.0. The Morgan fingerprint density at radius 3 is 2.48 bits per heavy atom. The van der Waals surface area contributed by atoms with Crippen LogP contribution in [0.4, 0.5) is 0 Å². The summed E-state index contributed by atoms with van der Waals surface area (Å²) < 4.78 is 1.11. The SMILES string of the molecule is Brc1ccc(C(=C2CCN(CC3CC3)CC2)c2nc3ccccc3[nH]2)cc1. The van der Waals surface area contributed by atoms with Gasteiger partial charge in [-0.1, -0.05) is 45.8 Å². The van der Waals surface area contributed by atoms with Crippen molar-refractivity contribution in [3.8, 4) is 0 Å². The first-order valence-electron chi connectivity index (χ1n) is 9.92. The van der Waals surface area contributed by atoms with E-state index >= 15 is 0 Å². The third-order valence-electron chi connectivity index (χ3n) is 5.79. The molecule has 0 bridgehead atoms. The molecular weight excluding hydrogens is 398 g/mol. The van der Waals surface area contributed by atoms with Gasteiger partial charge in [-0.25, -0.2) is 4.98 Å². The first-order valence-corrected chi connectivity index (χ1v) is 10.7. The highest BCUT2D eigenvalue weighted by Crippen LogP contribution is 2.35. The van der Waals surface area contributed by atoms with Gasteiger partial charge in [-0.15, -0.1) is 0 Å². The number of benzene rings is 2. The van der Waals surface area contributed by atoms with E-state index in [1.807, 2.05) is 0 Å². The van der Waals surface area contributed by atoms with E-state index in [9.17, 15) is 0 Å². The number of aromatic nitrogens is 2. The minimum atomic E-state index is 0.969. The van der Waals surface area contributed by atoms with E-state index in [1.54, 1.807) is 0 Å². The van der Waals surface area contributed by atoms with E-state index in [-0.39, 0.29) is 0 Å². The predicted octanol–water partition coefficient (Wildman–Crippen LogP) is 5.63. The first-order chi connectivity index (χ1) is 13.3. The first kappa shape index (κ1) is 17.2. The zero-order valence-electron chi connectivity index (χ0n) is 15.4. The lowest BCUT2D eigenvalue weighted by molar-refractivity contribution is 0.247. The number of hydrogen-bond donors (Lipinski definition) is 1. The third kappa shape index (κ3) is 3.74. The van der Waals surface area contributed by atoms with Gasteiger partial charge in [0.05, 0.1) is 11.0 Å². The Balaban J connectivity index is 1.52. The largest absolute Gasteiger partial charge is 0.338 e. The smallest absolute Gasteiger partial charge is 0.139 e. The number of para-hydroxylation sites is 2. The molecule has 4 heteroatoms. The molecule has 1 aliphatic carbocycles. The zero-order chi connectivity index (χ0) is 18.2. The van der Waals surface area contributed by atoms with Crippen molar-refractivity contribution in [3.63, 3.8) is 0 Å². The number of piperidine rings is 1. The summed E-state index contributed by atoms with van der Waals surface area (Å²) in [5, 5.41) is 0. The van der Waals surface area contributed by atoms with Crippen molar-refractivity contribution in [2.75, 3.05) is 19.6 Å². The molecule has 1 aliphatic heterocycles. The van der Waals surface area contributed by atoms with Crippen LogP contribution in [0.15, 0.2) is 58.6 Å². The normalized spacial score (nSPS) is 18.2. The molecule has 0 spiro atoms. The van der Waals surface area contributed by atoms with Crippen molar-refractivity contribution >= 4 is 32.5 Å². The summed E-state index contributed by atoms with van der Waals surface area (Å²) in [5.41, 5.74) is 6.22. The minimum Gasteiger partial charge on any atom is -0.338 e. The minimum absolute atomic E-state index is 0.969. The molecular formula is C23H24BrN3. The molecule has 0 unspecified atom stereocenters. The van der Waals surface area contributed by atoms with Gasteiger partial charge in [0.2, 0.25) is 0 Å². The van der Waals surface area contributed by atoms with Gasteiger partial charge in [-0.2, -0.15) is 0 Å². The standard InChI is InChI=1S/C23H24BrN3/c24-19-9-7-17(8-10-19)22(23-25-20-3-1-2-4-21(20)26-23)18-11-13-27(14-12-18)15-16-5-6-16/h1-4,7-10,16H,5-6,11-15H2,(H,25,26). The molecule has 0 radical (unpaired) electrons. The molecule has 1 saturated heterocycles. The van der Waals surface area contributed by atoms with Crippen molar-refractivity contribution in [3.05, 3.63) is 70.0 Å². The molecule has 3 aromatic rings. The van der Waals surface area contributed by atoms with Crippen LogP contribution in [0.3, 0.4) is 0 Å². The fraction of sp³-hybridized carbons (Fsp3) is 0.348. The second kappa shape index (κ2) is 7.25. The Morgan fingerprint density at radius 2 is 1.78 bits per heavy atom. The number of halogens is 1. The quantitative estimate of drug-likeness (QED) is 0.591. The maximum absolute atomic E-state index is 4.93. The van der Waals surface area contributed by atoms with Crippen molar-refractivity contribution in [2.24, 2.45) is 5.92 Å². The van der Waals surface area contributed by atoms with Gasteiger partial charge in [0, 0.05) is 29.7 Å². The molecule has 0 atom stereocenters. The van der Waals surface area contributed by atoms with Gasteiger partial charge in [0.25, 0.3) is 0 Å². The summed E-state index contributed by atoms with van der Waals surface area (Å²) in [6.07, 6.45) is 5.13. The summed E-state index contributed by atoms with van der Waals surface area (Å²) in [7, 11) is 0. The van der Waals surface area contributed by atoms with Crippen LogP contribution in [-0.4, -0.2) is 34.5 Å². The highest BCUT2D eigenvalue weighted by molar-refractivity contribution is 9.10. The maximum atomic E-state index is 4.93. The Kier molecular flexibility index (Phi) is 4.62. The van der Waals surface area contributed by atoms with Gasteiger partial charge < -0.3 is 9.88 Å². The highest BCUT2D eigenvalue weighted by Gasteiger charge is 2.27. The molecule has 1 N–H and O–H groups in total. The molecule has 2 heterocycles. The van der Waals surface area contributed by atoms with Crippen molar-refractivity contribution in [2.45, 2.75) is 25.7 Å². The summed E-state index contributed by atoms with van der Waals surface area (Å²) in [6.45, 7) is 3.64. The van der Waals surface area contributed by atoms with E-state index in [0.717, 1.165) is 40.1 Å². The lowest BCUT2D eigenvalue weighted by Gasteiger charge is -2.29. The molecule has 2 aliphatic rings. The topological polar surface area (TPSA) is 31.9 Å². The Bertz CT molecular complexity index is 939. The van der Waals surface area contributed by atoms with Gasteiger partial charge in [-0.05, 0) is 61.4 Å². The van der Waals surface area contributed by atoms with Crippen molar-refractivity contribution in [1.29, 1.82) is 0 Å². The molecule has 27 heavy (non-hydrogen) atoms. The van der Waals surface area contributed by atoms with Crippen LogP contribution < -0.4 is 0 Å². The van der Waals surface area contributed by atoms with Crippen molar-refractivity contribution < 1.29 is 0 Å². The number of rotatable bonds is 4. The van der Waals surface area contributed by atoms with Crippen LogP contribution in [0, 0.1) is 5.92 Å². The molecule has 138 valence electrons. The second-order valence-electron chi connectivity index (χ2n) is 7.83. The number of aromatic amines is 1. The molecule has 0 amide bonds. The Labute approximate surface area is 168 Å². The summed E-state index contributed by atoms with van der Waals surface area (Å²) in [6, 6.07) is 17.0. The van der Waals surface area contributed by atoms with Gasteiger partial charge in [0.15, 0.2) is 0 Å². The van der Waals surface area contributed by atoms with E-state index < -0.39 is 0 Å². The highest BCUT2D eigenvalue weighted by atomic mass is 79.9. The lowest BCUT2D eigenvalue weighted by atomic mass is 9.92. The second-order valence-corrected chi connectivity index (χ2v) is 8.75. The van der Waals surface area contributed by atoms with Gasteiger partial charge in [-0.3, -0.25) is 0 Å². The fourth-order valence-electron chi connectivity index (χ4n) is 4.12. The average Bonchev–Trinajstić information content (AvgIpc) is 3.40. The monoisotopic (exact) mass is 421 g/mol. The Morgan fingerprint density at radius 1 is 1.04 bits per heavy atom. The van der Waals surface area contributed by atoms with Gasteiger partial charge >= 0.3 is 0 Å². The summed E-state index contributed by atoms with van der Waals surface area (Å²) in [5.74, 6) is 1.97. The van der Waals surface area contributed by atoms with Crippen LogP contribution in [0.2, 0.25) is 0 Å². The number of hydrogen-bond acceptors (Lipinski definition) is 2. The third-order valence-corrected chi connectivity index (χ3v) is 6.31. The van der Waals surface area contributed by atoms with Crippen LogP contribution in [0.25, 0.3) is 16.6 Å². The molecule has 5 rings (SSSR count). The number of fused-ring (bicyclic) bond motifs is 1. The van der Waals surface area contributed by atoms with E-state index in [0.29, 0.717) is 0 Å².